The van der Waals surface area contributed by atoms with E-state index in [9.17, 15) is 17.6 Å². The molecule has 0 spiro atoms. The number of rotatable bonds is 7. The Hall–Kier alpha value is -2.45. The topological polar surface area (TPSA) is 75.7 Å². The second kappa shape index (κ2) is 9.57. The van der Waals surface area contributed by atoms with Crippen molar-refractivity contribution in [3.63, 3.8) is 0 Å². The van der Waals surface area contributed by atoms with E-state index in [-0.39, 0.29) is 17.3 Å². The number of piperidine rings is 1. The first kappa shape index (κ1) is 22.2. The number of hydrogen-bond acceptors (Lipinski definition) is 4. The van der Waals surface area contributed by atoms with Crippen molar-refractivity contribution < 1.29 is 22.3 Å². The Morgan fingerprint density at radius 2 is 1.83 bits per heavy atom. The predicted octanol–water partition coefficient (Wildman–Crippen LogP) is 3.04. The molecule has 1 aliphatic rings. The minimum atomic E-state index is -3.75. The third-order valence-corrected chi connectivity index (χ3v) is 6.95. The molecule has 0 unspecified atom stereocenters. The third kappa shape index (κ3) is 5.58. The molecule has 0 radical (unpaired) electrons. The first-order valence-corrected chi connectivity index (χ1v) is 11.4. The number of carbonyl (C=O) groups is 1. The van der Waals surface area contributed by atoms with Gasteiger partial charge in [-0.05, 0) is 74.2 Å². The maximum Gasteiger partial charge on any atom is 0.243 e. The van der Waals surface area contributed by atoms with Crippen LogP contribution in [0.2, 0.25) is 0 Å². The molecule has 1 aliphatic heterocycles. The number of hydrogen-bond donors (Lipinski definition) is 1. The second-order valence-electron chi connectivity index (χ2n) is 7.62. The van der Waals surface area contributed by atoms with Gasteiger partial charge in [-0.2, -0.15) is 4.31 Å². The van der Waals surface area contributed by atoms with E-state index < -0.39 is 21.8 Å². The Morgan fingerprint density at radius 3 is 2.50 bits per heavy atom. The first-order chi connectivity index (χ1) is 14.3. The summed E-state index contributed by atoms with van der Waals surface area (Å²) in [5.41, 5.74) is 2.22. The smallest absolute Gasteiger partial charge is 0.243 e. The van der Waals surface area contributed by atoms with Crippen LogP contribution in [0.25, 0.3) is 0 Å². The Balaban J connectivity index is 1.52. The predicted molar refractivity (Wildman–Crippen MR) is 112 cm³/mol. The van der Waals surface area contributed by atoms with Crippen LogP contribution in [0.4, 0.5) is 4.39 Å². The van der Waals surface area contributed by atoms with Crippen molar-refractivity contribution in [3.8, 4) is 5.75 Å². The number of aryl methyl sites for hydroxylation is 2. The molecule has 2 aromatic carbocycles. The Morgan fingerprint density at radius 1 is 1.17 bits per heavy atom. The molecule has 162 valence electrons. The summed E-state index contributed by atoms with van der Waals surface area (Å²) in [6.07, 6.45) is 1.22. The first-order valence-electron chi connectivity index (χ1n) is 10.0. The van der Waals surface area contributed by atoms with Gasteiger partial charge in [-0.25, -0.2) is 12.8 Å². The molecule has 30 heavy (non-hydrogen) atoms. The van der Waals surface area contributed by atoms with Crippen LogP contribution in [-0.2, 0) is 14.8 Å². The molecule has 3 rings (SSSR count). The van der Waals surface area contributed by atoms with Gasteiger partial charge in [0.2, 0.25) is 15.9 Å². The molecule has 1 atom stereocenters. The van der Waals surface area contributed by atoms with Gasteiger partial charge in [0.1, 0.15) is 18.2 Å². The fourth-order valence-electron chi connectivity index (χ4n) is 3.63. The highest BCUT2D eigenvalue weighted by molar-refractivity contribution is 7.89. The fourth-order valence-corrected chi connectivity index (χ4v) is 5.16. The molecule has 0 aliphatic carbocycles. The molecule has 8 heteroatoms. The van der Waals surface area contributed by atoms with E-state index >= 15 is 0 Å². The molecule has 1 fully saturated rings. The van der Waals surface area contributed by atoms with Crippen molar-refractivity contribution in [2.45, 2.75) is 31.6 Å². The number of amides is 1. The van der Waals surface area contributed by atoms with Crippen molar-refractivity contribution in [2.75, 3.05) is 26.2 Å². The highest BCUT2D eigenvalue weighted by Crippen LogP contribution is 2.24. The Kier molecular flexibility index (Phi) is 7.10. The van der Waals surface area contributed by atoms with E-state index in [2.05, 4.69) is 11.4 Å². The molecular formula is C22H27FN2O4S. The van der Waals surface area contributed by atoms with Crippen LogP contribution in [0, 0.1) is 25.6 Å². The van der Waals surface area contributed by atoms with E-state index in [1.54, 1.807) is 0 Å². The van der Waals surface area contributed by atoms with Gasteiger partial charge >= 0.3 is 0 Å². The number of halogens is 1. The number of carbonyl (C=O) groups excluding carboxylic acids is 1. The lowest BCUT2D eigenvalue weighted by molar-refractivity contribution is -0.126. The molecule has 2 aromatic rings. The summed E-state index contributed by atoms with van der Waals surface area (Å²) < 4.78 is 45.7. The van der Waals surface area contributed by atoms with Gasteiger partial charge in [0.15, 0.2) is 0 Å². The van der Waals surface area contributed by atoms with E-state index in [4.69, 9.17) is 4.74 Å². The summed E-state index contributed by atoms with van der Waals surface area (Å²) in [5.74, 6) is -0.336. The molecule has 1 N–H and O–H groups in total. The summed E-state index contributed by atoms with van der Waals surface area (Å²) in [6.45, 7) is 5.13. The summed E-state index contributed by atoms with van der Waals surface area (Å²) in [5, 5.41) is 2.84. The normalized spacial score (nSPS) is 17.5. The van der Waals surface area contributed by atoms with Crippen LogP contribution in [0.1, 0.15) is 24.0 Å². The van der Waals surface area contributed by atoms with Gasteiger partial charge in [-0.1, -0.05) is 6.07 Å². The number of nitrogens with zero attached hydrogens (tertiary/aromatic N) is 1. The Labute approximate surface area is 177 Å². The van der Waals surface area contributed by atoms with Gasteiger partial charge < -0.3 is 10.1 Å². The average Bonchev–Trinajstić information content (AvgIpc) is 2.71. The lowest BCUT2D eigenvalue weighted by Crippen LogP contribution is -2.45. The summed E-state index contributed by atoms with van der Waals surface area (Å²) in [6, 6.07) is 10.7. The zero-order chi connectivity index (χ0) is 21.7. The van der Waals surface area contributed by atoms with Crippen LogP contribution in [0.5, 0.6) is 5.75 Å². The molecule has 6 nitrogen and oxygen atoms in total. The van der Waals surface area contributed by atoms with Gasteiger partial charge in [0, 0.05) is 13.1 Å². The minimum Gasteiger partial charge on any atom is -0.492 e. The largest absolute Gasteiger partial charge is 0.492 e. The highest BCUT2D eigenvalue weighted by atomic mass is 32.2. The SMILES string of the molecule is Cc1cc(C)cc(OCCNC(=O)[C@H]2CCCN(S(=O)(=O)c3ccc(F)cc3)C2)c1. The molecule has 1 heterocycles. The fraction of sp³-hybridized carbons (Fsp3) is 0.409. The van der Waals surface area contributed by atoms with E-state index in [1.165, 1.54) is 16.4 Å². The summed E-state index contributed by atoms with van der Waals surface area (Å²) in [7, 11) is -3.75. The lowest BCUT2D eigenvalue weighted by Gasteiger charge is -2.31. The van der Waals surface area contributed by atoms with Gasteiger partial charge in [0.25, 0.3) is 0 Å². The molecule has 0 aromatic heterocycles. The standard InChI is InChI=1S/C22H27FN2O4S/c1-16-12-17(2)14-20(13-16)29-11-9-24-22(26)18-4-3-10-25(15-18)30(27,28)21-7-5-19(23)6-8-21/h5-8,12-14,18H,3-4,9-11,15H2,1-2H3,(H,24,26)/t18-/m0/s1. The quantitative estimate of drug-likeness (QED) is 0.680. The van der Waals surface area contributed by atoms with E-state index in [0.29, 0.717) is 32.5 Å². The van der Waals surface area contributed by atoms with Gasteiger partial charge in [-0.3, -0.25) is 4.79 Å². The van der Waals surface area contributed by atoms with Crippen molar-refractivity contribution in [1.82, 2.24) is 9.62 Å². The van der Waals surface area contributed by atoms with Crippen LogP contribution in [-0.4, -0.2) is 44.9 Å². The van der Waals surface area contributed by atoms with Crippen molar-refractivity contribution in [3.05, 3.63) is 59.4 Å². The number of nitrogens with one attached hydrogen (secondary N) is 1. The summed E-state index contributed by atoms with van der Waals surface area (Å²) >= 11 is 0. The molecule has 1 saturated heterocycles. The Bertz CT molecular complexity index is 972. The van der Waals surface area contributed by atoms with E-state index in [1.807, 2.05) is 26.0 Å². The highest BCUT2D eigenvalue weighted by Gasteiger charge is 2.33. The number of ether oxygens (including phenoxy) is 1. The van der Waals surface area contributed by atoms with Gasteiger partial charge in [0.05, 0.1) is 17.4 Å². The van der Waals surface area contributed by atoms with Crippen molar-refractivity contribution in [1.29, 1.82) is 0 Å². The molecule has 0 bridgehead atoms. The van der Waals surface area contributed by atoms with E-state index in [0.717, 1.165) is 29.0 Å². The monoisotopic (exact) mass is 434 g/mol. The lowest BCUT2D eigenvalue weighted by atomic mass is 9.99. The number of benzene rings is 2. The van der Waals surface area contributed by atoms with Crippen LogP contribution >= 0.6 is 0 Å². The number of sulfonamides is 1. The van der Waals surface area contributed by atoms with Crippen LogP contribution in [0.3, 0.4) is 0 Å². The maximum absolute atomic E-state index is 13.1. The van der Waals surface area contributed by atoms with Crippen molar-refractivity contribution >= 4 is 15.9 Å². The van der Waals surface area contributed by atoms with Crippen molar-refractivity contribution in [2.24, 2.45) is 5.92 Å². The maximum atomic E-state index is 13.1. The summed E-state index contributed by atoms with van der Waals surface area (Å²) in [4.78, 5) is 12.6. The van der Waals surface area contributed by atoms with Crippen LogP contribution < -0.4 is 10.1 Å². The molecule has 0 saturated carbocycles. The van der Waals surface area contributed by atoms with Crippen LogP contribution in [0.15, 0.2) is 47.4 Å². The minimum absolute atomic E-state index is 0.0341. The van der Waals surface area contributed by atoms with Gasteiger partial charge in [-0.15, -0.1) is 0 Å². The molecular weight excluding hydrogens is 407 g/mol. The average molecular weight is 435 g/mol. The zero-order valence-corrected chi connectivity index (χ0v) is 18.0. The molecule has 1 amide bonds. The second-order valence-corrected chi connectivity index (χ2v) is 9.56. The third-order valence-electron chi connectivity index (χ3n) is 5.07. The zero-order valence-electron chi connectivity index (χ0n) is 17.2.